The normalized spacial score (nSPS) is 19.3. The fourth-order valence-electron chi connectivity index (χ4n) is 4.19. The predicted molar refractivity (Wildman–Crippen MR) is 113 cm³/mol. The van der Waals surface area contributed by atoms with Crippen LogP contribution in [-0.2, 0) is 16.1 Å². The first-order valence-electron chi connectivity index (χ1n) is 10.1. The van der Waals surface area contributed by atoms with E-state index in [0.717, 1.165) is 11.1 Å². The van der Waals surface area contributed by atoms with E-state index in [0.29, 0.717) is 17.9 Å². The Bertz CT molecular complexity index is 1180. The first kappa shape index (κ1) is 21.8. The van der Waals surface area contributed by atoms with E-state index in [1.165, 1.54) is 42.5 Å². The third kappa shape index (κ3) is 3.84. The number of benzene rings is 2. The van der Waals surface area contributed by atoms with Gasteiger partial charge in [0.1, 0.15) is 5.56 Å². The standard InChI is InChI=1S/C22H18N4O7/c27-20(17-10-4-6-12-19(17)26(32)33)23(13-14-7-1-5-11-18(14)25(30)31)24-21(28)15-8-2-3-9-16(15)22(24)29/h1-7,10-12,15-16H,8-9,13H2/t15-,16+. The van der Waals surface area contributed by atoms with E-state index in [1.807, 2.05) is 0 Å². The molecule has 2 aliphatic rings. The highest BCUT2D eigenvalue weighted by molar-refractivity contribution is 6.08. The Kier molecular flexibility index (Phi) is 5.69. The molecule has 1 heterocycles. The van der Waals surface area contributed by atoms with Crippen molar-refractivity contribution < 1.29 is 24.2 Å². The number of carbonyl (C=O) groups excluding carboxylic acids is 3. The van der Waals surface area contributed by atoms with Crippen molar-refractivity contribution in [3.05, 3.63) is 92.0 Å². The molecule has 0 bridgehead atoms. The van der Waals surface area contributed by atoms with E-state index < -0.39 is 51.6 Å². The monoisotopic (exact) mass is 450 g/mol. The summed E-state index contributed by atoms with van der Waals surface area (Å²) in [5.41, 5.74) is -1.08. The number of rotatable bonds is 6. The van der Waals surface area contributed by atoms with Crippen LogP contribution in [0.1, 0.15) is 28.8 Å². The van der Waals surface area contributed by atoms with Crippen LogP contribution in [0.4, 0.5) is 11.4 Å². The lowest BCUT2D eigenvalue weighted by atomic mass is 9.85. The minimum absolute atomic E-state index is 0.0723. The molecule has 1 saturated heterocycles. The van der Waals surface area contributed by atoms with Gasteiger partial charge in [-0.2, -0.15) is 5.01 Å². The smallest absolute Gasteiger partial charge is 0.272 e. The van der Waals surface area contributed by atoms with Gasteiger partial charge in [0.15, 0.2) is 0 Å². The molecule has 1 aliphatic heterocycles. The first-order chi connectivity index (χ1) is 15.8. The predicted octanol–water partition coefficient (Wildman–Crippen LogP) is 3.01. The van der Waals surface area contributed by atoms with Crippen molar-refractivity contribution in [1.82, 2.24) is 10.0 Å². The second kappa shape index (κ2) is 8.61. The quantitative estimate of drug-likeness (QED) is 0.285. The van der Waals surface area contributed by atoms with Crippen LogP contribution < -0.4 is 0 Å². The van der Waals surface area contributed by atoms with Crippen molar-refractivity contribution in [2.24, 2.45) is 11.8 Å². The molecule has 0 spiro atoms. The van der Waals surface area contributed by atoms with Crippen molar-refractivity contribution in [3.63, 3.8) is 0 Å². The van der Waals surface area contributed by atoms with Crippen LogP contribution in [0.5, 0.6) is 0 Å². The Morgan fingerprint density at radius 3 is 1.97 bits per heavy atom. The molecule has 4 rings (SSSR count). The summed E-state index contributed by atoms with van der Waals surface area (Å²) in [6.07, 6.45) is 4.22. The van der Waals surface area contributed by atoms with Gasteiger partial charge < -0.3 is 0 Å². The van der Waals surface area contributed by atoms with Gasteiger partial charge in [-0.05, 0) is 18.9 Å². The van der Waals surface area contributed by atoms with Crippen LogP contribution in [0, 0.1) is 32.1 Å². The average molecular weight is 450 g/mol. The molecule has 0 unspecified atom stereocenters. The summed E-state index contributed by atoms with van der Waals surface area (Å²) >= 11 is 0. The summed E-state index contributed by atoms with van der Waals surface area (Å²) in [6, 6.07) is 10.8. The van der Waals surface area contributed by atoms with Crippen LogP contribution in [0.25, 0.3) is 0 Å². The van der Waals surface area contributed by atoms with Gasteiger partial charge in [0.25, 0.3) is 29.1 Å². The minimum atomic E-state index is -0.978. The number of nitrogens with zero attached hydrogens (tertiary/aromatic N) is 4. The topological polar surface area (TPSA) is 144 Å². The zero-order valence-electron chi connectivity index (χ0n) is 17.2. The van der Waals surface area contributed by atoms with Crippen LogP contribution in [0.2, 0.25) is 0 Å². The largest absolute Gasteiger partial charge is 0.282 e. The van der Waals surface area contributed by atoms with Crippen LogP contribution in [-0.4, -0.2) is 37.6 Å². The molecule has 33 heavy (non-hydrogen) atoms. The number of nitro groups is 2. The van der Waals surface area contributed by atoms with Gasteiger partial charge in [0.2, 0.25) is 0 Å². The molecule has 1 fully saturated rings. The van der Waals surface area contributed by atoms with Crippen molar-refractivity contribution >= 4 is 29.1 Å². The molecule has 0 aromatic heterocycles. The van der Waals surface area contributed by atoms with E-state index >= 15 is 0 Å². The highest BCUT2D eigenvalue weighted by Crippen LogP contribution is 2.37. The minimum Gasteiger partial charge on any atom is -0.272 e. The number of amides is 3. The Balaban J connectivity index is 1.81. The lowest BCUT2D eigenvalue weighted by molar-refractivity contribution is -0.385. The van der Waals surface area contributed by atoms with Crippen molar-refractivity contribution in [2.45, 2.75) is 19.4 Å². The molecule has 1 aliphatic carbocycles. The molecule has 168 valence electrons. The first-order valence-corrected chi connectivity index (χ1v) is 10.1. The lowest BCUT2D eigenvalue weighted by Crippen LogP contribution is -2.50. The van der Waals surface area contributed by atoms with Crippen LogP contribution in [0.3, 0.4) is 0 Å². The van der Waals surface area contributed by atoms with Gasteiger partial charge in [0, 0.05) is 12.1 Å². The average Bonchev–Trinajstić information content (AvgIpc) is 3.07. The molecule has 3 amide bonds. The van der Waals surface area contributed by atoms with Crippen molar-refractivity contribution in [3.8, 4) is 0 Å². The maximum atomic E-state index is 13.5. The molecular weight excluding hydrogens is 432 g/mol. The lowest BCUT2D eigenvalue weighted by Gasteiger charge is -2.30. The Morgan fingerprint density at radius 1 is 0.879 bits per heavy atom. The molecule has 11 nitrogen and oxygen atoms in total. The van der Waals surface area contributed by atoms with Gasteiger partial charge >= 0.3 is 0 Å². The zero-order valence-corrected chi connectivity index (χ0v) is 17.2. The molecule has 0 radical (unpaired) electrons. The highest BCUT2D eigenvalue weighted by atomic mass is 16.6. The number of fused-ring (bicyclic) bond motifs is 1. The highest BCUT2D eigenvalue weighted by Gasteiger charge is 2.51. The number of allylic oxidation sites excluding steroid dienone is 2. The molecule has 11 heteroatoms. The number of hydrogen-bond donors (Lipinski definition) is 0. The second-order valence-corrected chi connectivity index (χ2v) is 7.67. The number of nitro benzene ring substituents is 2. The molecular formula is C22H18N4O7. The molecule has 2 atom stereocenters. The summed E-state index contributed by atoms with van der Waals surface area (Å²) < 4.78 is 0. The number of hydrazine groups is 1. The zero-order chi connectivity index (χ0) is 23.7. The van der Waals surface area contributed by atoms with Gasteiger partial charge in [-0.25, -0.2) is 5.01 Å². The number of hydrogen-bond acceptors (Lipinski definition) is 7. The summed E-state index contributed by atoms with van der Waals surface area (Å²) in [6.45, 7) is -0.494. The van der Waals surface area contributed by atoms with E-state index in [1.54, 1.807) is 12.2 Å². The third-order valence-electron chi connectivity index (χ3n) is 5.80. The SMILES string of the molecule is O=C(c1ccccc1[N+](=O)[O-])N(Cc1ccccc1[N+](=O)[O-])N1C(=O)[C@H]2CC=CC[C@H]2C1=O. The maximum Gasteiger partial charge on any atom is 0.282 e. The second-order valence-electron chi connectivity index (χ2n) is 7.67. The van der Waals surface area contributed by atoms with Crippen molar-refractivity contribution in [1.29, 1.82) is 0 Å². The number of imide groups is 1. The Labute approximate surface area is 187 Å². The molecule has 0 saturated carbocycles. The molecule has 2 aromatic rings. The van der Waals surface area contributed by atoms with Gasteiger partial charge in [-0.3, -0.25) is 34.6 Å². The fourth-order valence-corrected chi connectivity index (χ4v) is 4.19. The molecule has 2 aromatic carbocycles. The van der Waals surface area contributed by atoms with Gasteiger partial charge in [0.05, 0.1) is 33.8 Å². The van der Waals surface area contributed by atoms with Crippen LogP contribution in [0.15, 0.2) is 60.7 Å². The summed E-state index contributed by atoms with van der Waals surface area (Å²) in [7, 11) is 0. The van der Waals surface area contributed by atoms with Crippen LogP contribution >= 0.6 is 0 Å². The number of para-hydroxylation sites is 2. The Hall–Kier alpha value is -4.41. The summed E-state index contributed by atoms with van der Waals surface area (Å²) in [5.74, 6) is -3.52. The van der Waals surface area contributed by atoms with Crippen molar-refractivity contribution in [2.75, 3.05) is 0 Å². The fraction of sp³-hybridized carbons (Fsp3) is 0.227. The third-order valence-corrected chi connectivity index (χ3v) is 5.80. The van der Waals surface area contributed by atoms with Gasteiger partial charge in [-0.15, -0.1) is 0 Å². The van der Waals surface area contributed by atoms with Gasteiger partial charge in [-0.1, -0.05) is 42.5 Å². The van der Waals surface area contributed by atoms with E-state index in [2.05, 4.69) is 0 Å². The van der Waals surface area contributed by atoms with E-state index in [9.17, 15) is 34.6 Å². The van der Waals surface area contributed by atoms with E-state index in [-0.39, 0.29) is 16.8 Å². The summed E-state index contributed by atoms with van der Waals surface area (Å²) in [4.78, 5) is 61.5. The maximum absolute atomic E-state index is 13.5. The molecule has 0 N–H and O–H groups in total. The Morgan fingerprint density at radius 2 is 1.39 bits per heavy atom. The van der Waals surface area contributed by atoms with E-state index in [4.69, 9.17) is 0 Å². The number of carbonyl (C=O) groups is 3. The summed E-state index contributed by atoms with van der Waals surface area (Å²) in [5, 5.41) is 24.5.